The number of hydrogen-bond donors (Lipinski definition) is 0. The number of thioether (sulfide) groups is 1. The molecule has 1 aromatic heterocycles. The molecule has 0 aliphatic carbocycles. The summed E-state index contributed by atoms with van der Waals surface area (Å²) in [6.45, 7) is 1.81. The van der Waals surface area contributed by atoms with Crippen molar-refractivity contribution in [3.8, 4) is 17.1 Å². The molecule has 3 aromatic rings. The molecule has 0 saturated carbocycles. The Morgan fingerprint density at radius 3 is 2.79 bits per heavy atom. The minimum absolute atomic E-state index is 0.0765. The first kappa shape index (κ1) is 18.7. The highest BCUT2D eigenvalue weighted by atomic mass is 35.5. The summed E-state index contributed by atoms with van der Waals surface area (Å²) in [4.78, 5) is 18.8. The fourth-order valence-electron chi connectivity index (χ4n) is 3.43. The van der Waals surface area contributed by atoms with Gasteiger partial charge in [-0.2, -0.15) is 0 Å². The van der Waals surface area contributed by atoms with E-state index in [4.69, 9.17) is 11.6 Å². The number of aromatic nitrogens is 3. The molecule has 0 N–H and O–H groups in total. The van der Waals surface area contributed by atoms with Gasteiger partial charge < -0.3 is 5.11 Å². The zero-order chi connectivity index (χ0) is 19.8. The molecule has 6 nitrogen and oxygen atoms in total. The van der Waals surface area contributed by atoms with E-state index in [2.05, 4.69) is 10.1 Å². The van der Waals surface area contributed by atoms with E-state index in [0.29, 0.717) is 33.5 Å². The van der Waals surface area contributed by atoms with Gasteiger partial charge in [-0.1, -0.05) is 59.2 Å². The third-order valence-corrected chi connectivity index (χ3v) is 5.39. The Morgan fingerprint density at radius 1 is 1.29 bits per heavy atom. The molecule has 0 spiro atoms. The van der Waals surface area contributed by atoms with Gasteiger partial charge in [0.05, 0.1) is 17.1 Å². The van der Waals surface area contributed by atoms with Crippen molar-refractivity contribution >= 4 is 35.0 Å². The van der Waals surface area contributed by atoms with Crippen LogP contribution in [0.2, 0.25) is 5.02 Å². The van der Waals surface area contributed by atoms with Gasteiger partial charge in [0.1, 0.15) is 0 Å². The van der Waals surface area contributed by atoms with Crippen LogP contribution in [0, 0.1) is 0 Å². The minimum atomic E-state index is -0.627. The zero-order valence-corrected chi connectivity index (χ0v) is 16.9. The van der Waals surface area contributed by atoms with Gasteiger partial charge in [0.2, 0.25) is 5.91 Å². The summed E-state index contributed by atoms with van der Waals surface area (Å²) in [6.07, 6.45) is 1.49. The molecule has 0 fully saturated rings. The number of anilines is 1. The zero-order valence-electron chi connectivity index (χ0n) is 15.3. The van der Waals surface area contributed by atoms with Crippen LogP contribution in [0.5, 0.6) is 5.88 Å². The standard InChI is InChI=1S/C20H17ClN4O2S/c1-3-16(26)24-15-10-5-4-9-14(15)17-18(27)22-20(28-2)23-25(17)19(24)12-7-6-8-13(21)11-12/h4-11,19H,3H2,1-2H3. The molecule has 8 heteroatoms. The maximum absolute atomic E-state index is 13.0. The van der Waals surface area contributed by atoms with E-state index in [0.717, 1.165) is 5.56 Å². The van der Waals surface area contributed by atoms with Gasteiger partial charge in [0.15, 0.2) is 0 Å². The molecule has 28 heavy (non-hydrogen) atoms. The Labute approximate surface area is 171 Å². The molecule has 1 atom stereocenters. The first-order chi connectivity index (χ1) is 13.5. The Balaban J connectivity index is 2.08. The van der Waals surface area contributed by atoms with Gasteiger partial charge in [-0.25, -0.2) is 9.88 Å². The largest absolute Gasteiger partial charge is 0.854 e. The lowest BCUT2D eigenvalue weighted by atomic mass is 10.0. The first-order valence-electron chi connectivity index (χ1n) is 8.77. The summed E-state index contributed by atoms with van der Waals surface area (Å²) < 4.78 is 1.60. The predicted molar refractivity (Wildman–Crippen MR) is 106 cm³/mol. The van der Waals surface area contributed by atoms with E-state index in [-0.39, 0.29) is 11.8 Å². The van der Waals surface area contributed by atoms with Crippen LogP contribution in [0.15, 0.2) is 53.7 Å². The summed E-state index contributed by atoms with van der Waals surface area (Å²) >= 11 is 7.51. The quantitative estimate of drug-likeness (QED) is 0.488. The van der Waals surface area contributed by atoms with Crippen LogP contribution in [-0.2, 0) is 4.79 Å². The van der Waals surface area contributed by atoms with Crippen LogP contribution in [0.25, 0.3) is 11.3 Å². The molecule has 0 bridgehead atoms. The van der Waals surface area contributed by atoms with Gasteiger partial charge in [-0.15, -0.1) is 0 Å². The number of nitrogens with zero attached hydrogens (tertiary/aromatic N) is 4. The molecule has 4 rings (SSSR count). The monoisotopic (exact) mass is 412 g/mol. The molecule has 1 amide bonds. The topological polar surface area (TPSA) is 73.0 Å². The lowest BCUT2D eigenvalue weighted by Gasteiger charge is -2.33. The van der Waals surface area contributed by atoms with Crippen molar-refractivity contribution in [1.82, 2.24) is 10.1 Å². The van der Waals surface area contributed by atoms with Gasteiger partial charge in [0.25, 0.3) is 17.0 Å². The number of halogens is 1. The minimum Gasteiger partial charge on any atom is -0.854 e. The highest BCUT2D eigenvalue weighted by Gasteiger charge is 2.44. The van der Waals surface area contributed by atoms with Gasteiger partial charge in [0, 0.05) is 22.1 Å². The van der Waals surface area contributed by atoms with Crippen LogP contribution >= 0.6 is 23.4 Å². The van der Waals surface area contributed by atoms with Crippen molar-refractivity contribution in [2.75, 3.05) is 11.2 Å². The smallest absolute Gasteiger partial charge is 0.293 e. The normalized spacial score (nSPS) is 15.1. The highest BCUT2D eigenvalue weighted by Crippen LogP contribution is 2.41. The van der Waals surface area contributed by atoms with E-state index in [9.17, 15) is 9.90 Å². The lowest BCUT2D eigenvalue weighted by Crippen LogP contribution is -2.59. The number of para-hydroxylation sites is 1. The Hall–Kier alpha value is -2.64. The number of benzene rings is 2. The van der Waals surface area contributed by atoms with Crippen LogP contribution < -0.4 is 14.7 Å². The van der Waals surface area contributed by atoms with Crippen molar-refractivity contribution in [3.63, 3.8) is 0 Å². The summed E-state index contributed by atoms with van der Waals surface area (Å²) in [5.41, 5.74) is 2.43. The van der Waals surface area contributed by atoms with E-state index in [1.807, 2.05) is 49.6 Å². The van der Waals surface area contributed by atoms with Crippen molar-refractivity contribution in [2.24, 2.45) is 0 Å². The maximum Gasteiger partial charge on any atom is 0.293 e. The molecule has 1 unspecified atom stereocenters. The van der Waals surface area contributed by atoms with Crippen LogP contribution in [0.3, 0.4) is 0 Å². The molecule has 2 aromatic carbocycles. The van der Waals surface area contributed by atoms with Crippen LogP contribution in [0.4, 0.5) is 5.69 Å². The maximum atomic E-state index is 13.0. The predicted octanol–water partition coefficient (Wildman–Crippen LogP) is 3.18. The Bertz CT molecular complexity index is 1080. The van der Waals surface area contributed by atoms with E-state index < -0.39 is 6.17 Å². The average molecular weight is 413 g/mol. The van der Waals surface area contributed by atoms with E-state index in [1.165, 1.54) is 11.8 Å². The summed E-state index contributed by atoms with van der Waals surface area (Å²) in [5, 5.41) is 18.4. The van der Waals surface area contributed by atoms with E-state index >= 15 is 0 Å². The fourth-order valence-corrected chi connectivity index (χ4v) is 3.97. The van der Waals surface area contributed by atoms with Gasteiger partial charge in [-0.3, -0.25) is 4.79 Å². The lowest BCUT2D eigenvalue weighted by molar-refractivity contribution is -0.764. The molecular formula is C20H17ClN4O2S. The number of amides is 1. The fraction of sp³-hybridized carbons (Fsp3) is 0.200. The highest BCUT2D eigenvalue weighted by molar-refractivity contribution is 7.98. The summed E-state index contributed by atoms with van der Waals surface area (Å²) in [7, 11) is 0. The molecular weight excluding hydrogens is 396 g/mol. The van der Waals surface area contributed by atoms with Crippen LogP contribution in [0.1, 0.15) is 25.1 Å². The van der Waals surface area contributed by atoms with Crippen molar-refractivity contribution in [2.45, 2.75) is 24.7 Å². The van der Waals surface area contributed by atoms with Gasteiger partial charge >= 0.3 is 0 Å². The Morgan fingerprint density at radius 2 is 2.07 bits per heavy atom. The number of carbonyl (C=O) groups is 1. The second kappa shape index (κ2) is 7.41. The molecule has 2 heterocycles. The van der Waals surface area contributed by atoms with E-state index in [1.54, 1.807) is 21.7 Å². The molecule has 142 valence electrons. The number of carbonyl (C=O) groups excluding carboxylic acids is 1. The third-order valence-electron chi connectivity index (χ3n) is 4.62. The number of rotatable bonds is 3. The Kier molecular flexibility index (Phi) is 4.95. The summed E-state index contributed by atoms with van der Waals surface area (Å²) in [5.74, 6) is -0.449. The third kappa shape index (κ3) is 3.00. The first-order valence-corrected chi connectivity index (χ1v) is 10.4. The van der Waals surface area contributed by atoms with Gasteiger partial charge in [-0.05, 0) is 30.5 Å². The van der Waals surface area contributed by atoms with Crippen molar-refractivity contribution in [1.29, 1.82) is 0 Å². The number of hydrogen-bond acceptors (Lipinski definition) is 5. The molecule has 1 aliphatic heterocycles. The van der Waals surface area contributed by atoms with Crippen molar-refractivity contribution in [3.05, 3.63) is 59.1 Å². The van der Waals surface area contributed by atoms with Crippen molar-refractivity contribution < 1.29 is 14.6 Å². The molecule has 0 saturated heterocycles. The SMILES string of the molecule is CCC(=O)N1c2ccccc2-c2c([O-])nc(SC)n[n+]2C1c1cccc(Cl)c1. The molecule has 0 radical (unpaired) electrons. The van der Waals surface area contributed by atoms with Crippen LogP contribution in [-0.4, -0.2) is 22.2 Å². The second-order valence-electron chi connectivity index (χ2n) is 6.26. The summed E-state index contributed by atoms with van der Waals surface area (Å²) in [6, 6.07) is 14.6. The second-order valence-corrected chi connectivity index (χ2v) is 7.47. The molecule has 1 aliphatic rings. The average Bonchev–Trinajstić information content (AvgIpc) is 2.71. The number of fused-ring (bicyclic) bond motifs is 3.